The summed E-state index contributed by atoms with van der Waals surface area (Å²) in [4.78, 5) is 28.7. The molecule has 0 saturated heterocycles. The Balaban J connectivity index is 1.53. The molecule has 0 spiro atoms. The number of nitrogens with one attached hydrogen (secondary N) is 1. The van der Waals surface area contributed by atoms with E-state index in [4.69, 9.17) is 4.42 Å². The largest absolute Gasteiger partial charge is 0.463 e. The number of furan rings is 1. The highest BCUT2D eigenvalue weighted by molar-refractivity contribution is 6.02. The van der Waals surface area contributed by atoms with Crippen LogP contribution in [0.25, 0.3) is 11.1 Å². The molecule has 31 heavy (non-hydrogen) atoms. The van der Waals surface area contributed by atoms with Gasteiger partial charge in [-0.1, -0.05) is 31.4 Å². The summed E-state index contributed by atoms with van der Waals surface area (Å²) in [6, 6.07) is 9.83. The van der Waals surface area contributed by atoms with E-state index in [0.29, 0.717) is 23.4 Å². The van der Waals surface area contributed by atoms with E-state index in [2.05, 4.69) is 5.32 Å². The van der Waals surface area contributed by atoms with Gasteiger partial charge in [0.25, 0.3) is 5.91 Å². The van der Waals surface area contributed by atoms with Crippen LogP contribution >= 0.6 is 0 Å². The summed E-state index contributed by atoms with van der Waals surface area (Å²) in [5, 5.41) is 3.20. The van der Waals surface area contributed by atoms with Crippen molar-refractivity contribution in [2.24, 2.45) is 0 Å². The normalized spacial score (nSPS) is 22.0. The molecule has 1 aromatic carbocycles. The first kappa shape index (κ1) is 19.8. The summed E-state index contributed by atoms with van der Waals surface area (Å²) in [5.74, 6) is -0.792. The Labute approximate surface area is 180 Å². The highest BCUT2D eigenvalue weighted by Gasteiger charge is 2.48. The van der Waals surface area contributed by atoms with Crippen LogP contribution < -0.4 is 5.32 Å². The first-order valence-electron chi connectivity index (χ1n) is 10.9. The number of hydrogen-bond donors (Lipinski definition) is 1. The SMILES string of the molecule is CC1(C(=O)NC2CCCCC2)Cn2c(cc3occc32)C(=O)N1Cc1cccc(F)c1. The molecule has 0 bridgehead atoms. The predicted octanol–water partition coefficient (Wildman–Crippen LogP) is 4.24. The van der Waals surface area contributed by atoms with E-state index in [1.165, 1.54) is 18.6 Å². The molecule has 1 atom stereocenters. The van der Waals surface area contributed by atoms with Crippen molar-refractivity contribution in [2.75, 3.05) is 0 Å². The highest BCUT2D eigenvalue weighted by Crippen LogP contribution is 2.34. The van der Waals surface area contributed by atoms with Crippen molar-refractivity contribution in [3.05, 3.63) is 59.7 Å². The van der Waals surface area contributed by atoms with Crippen LogP contribution in [0.5, 0.6) is 0 Å². The van der Waals surface area contributed by atoms with Crippen molar-refractivity contribution in [3.8, 4) is 0 Å². The van der Waals surface area contributed by atoms with E-state index in [-0.39, 0.29) is 30.2 Å². The molecular formula is C24H26FN3O3. The van der Waals surface area contributed by atoms with E-state index < -0.39 is 5.54 Å². The van der Waals surface area contributed by atoms with Crippen molar-refractivity contribution in [1.82, 2.24) is 14.8 Å². The van der Waals surface area contributed by atoms with Gasteiger partial charge in [-0.3, -0.25) is 9.59 Å². The number of rotatable bonds is 4. The minimum Gasteiger partial charge on any atom is -0.463 e. The monoisotopic (exact) mass is 423 g/mol. The minimum absolute atomic E-state index is 0.129. The number of amides is 2. The zero-order valence-corrected chi connectivity index (χ0v) is 17.6. The third-order valence-corrected chi connectivity index (χ3v) is 6.71. The quantitative estimate of drug-likeness (QED) is 0.683. The van der Waals surface area contributed by atoms with E-state index in [1.807, 2.05) is 10.6 Å². The van der Waals surface area contributed by atoms with E-state index in [1.54, 1.807) is 36.3 Å². The maximum absolute atomic E-state index is 13.8. The number of halogens is 1. The second-order valence-electron chi connectivity index (χ2n) is 8.89. The van der Waals surface area contributed by atoms with Crippen LogP contribution in [0.4, 0.5) is 4.39 Å². The molecule has 7 heteroatoms. The summed E-state index contributed by atoms with van der Waals surface area (Å²) in [5.41, 5.74) is 1.43. The summed E-state index contributed by atoms with van der Waals surface area (Å²) >= 11 is 0. The summed E-state index contributed by atoms with van der Waals surface area (Å²) in [6.45, 7) is 2.26. The Bertz CT molecular complexity index is 1140. The van der Waals surface area contributed by atoms with Gasteiger partial charge in [-0.2, -0.15) is 0 Å². The Morgan fingerprint density at radius 3 is 2.81 bits per heavy atom. The lowest BCUT2D eigenvalue weighted by molar-refractivity contribution is -0.134. The van der Waals surface area contributed by atoms with E-state index >= 15 is 0 Å². The van der Waals surface area contributed by atoms with Gasteiger partial charge in [-0.15, -0.1) is 0 Å². The van der Waals surface area contributed by atoms with Crippen molar-refractivity contribution in [2.45, 2.75) is 63.7 Å². The van der Waals surface area contributed by atoms with Crippen LogP contribution in [-0.2, 0) is 17.9 Å². The Morgan fingerprint density at radius 2 is 2.03 bits per heavy atom. The topological polar surface area (TPSA) is 67.5 Å². The third kappa shape index (κ3) is 3.42. The lowest BCUT2D eigenvalue weighted by Gasteiger charge is -2.44. The Kier molecular flexibility index (Phi) is 4.84. The number of hydrogen-bond acceptors (Lipinski definition) is 3. The average Bonchev–Trinajstić information content (AvgIpc) is 3.34. The predicted molar refractivity (Wildman–Crippen MR) is 114 cm³/mol. The maximum Gasteiger partial charge on any atom is 0.271 e. The van der Waals surface area contributed by atoms with Crippen LogP contribution in [0.2, 0.25) is 0 Å². The number of carbonyl (C=O) groups is 2. The molecule has 1 N–H and O–H groups in total. The van der Waals surface area contributed by atoms with Gasteiger partial charge in [-0.25, -0.2) is 4.39 Å². The van der Waals surface area contributed by atoms with E-state index in [9.17, 15) is 14.0 Å². The molecule has 0 radical (unpaired) electrons. The molecule has 162 valence electrons. The van der Waals surface area contributed by atoms with Crippen LogP contribution in [0.1, 0.15) is 55.1 Å². The highest BCUT2D eigenvalue weighted by atomic mass is 19.1. The number of benzene rings is 1. The fraction of sp³-hybridized carbons (Fsp3) is 0.417. The van der Waals surface area contributed by atoms with Crippen LogP contribution in [0.15, 0.2) is 47.1 Å². The molecule has 2 aliphatic rings. The first-order chi connectivity index (χ1) is 15.0. The fourth-order valence-electron chi connectivity index (χ4n) is 4.93. The van der Waals surface area contributed by atoms with Crippen LogP contribution in [0, 0.1) is 5.82 Å². The number of carbonyl (C=O) groups excluding carboxylic acids is 2. The van der Waals surface area contributed by atoms with Gasteiger partial charge < -0.3 is 19.2 Å². The van der Waals surface area contributed by atoms with Gasteiger partial charge in [-0.05, 0) is 37.5 Å². The molecule has 1 unspecified atom stereocenters. The van der Waals surface area contributed by atoms with Gasteiger partial charge in [0.1, 0.15) is 17.1 Å². The first-order valence-corrected chi connectivity index (χ1v) is 10.9. The molecule has 1 aliphatic carbocycles. The lowest BCUT2D eigenvalue weighted by Crippen LogP contribution is -2.64. The summed E-state index contributed by atoms with van der Waals surface area (Å²) in [7, 11) is 0. The summed E-state index contributed by atoms with van der Waals surface area (Å²) < 4.78 is 21.2. The van der Waals surface area contributed by atoms with Crippen molar-refractivity contribution < 1.29 is 18.4 Å². The molecule has 5 rings (SSSR count). The molecular weight excluding hydrogens is 397 g/mol. The van der Waals surface area contributed by atoms with E-state index in [0.717, 1.165) is 31.2 Å². The van der Waals surface area contributed by atoms with Gasteiger partial charge in [0.05, 0.1) is 18.3 Å². The molecule has 1 saturated carbocycles. The van der Waals surface area contributed by atoms with Crippen molar-refractivity contribution in [1.29, 1.82) is 0 Å². The average molecular weight is 423 g/mol. The smallest absolute Gasteiger partial charge is 0.271 e. The number of aromatic nitrogens is 1. The Hall–Kier alpha value is -3.09. The summed E-state index contributed by atoms with van der Waals surface area (Å²) in [6.07, 6.45) is 6.90. The maximum atomic E-state index is 13.8. The van der Waals surface area contributed by atoms with Crippen LogP contribution in [0.3, 0.4) is 0 Å². The second-order valence-corrected chi connectivity index (χ2v) is 8.89. The number of fused-ring (bicyclic) bond motifs is 3. The molecule has 3 aromatic rings. The number of nitrogens with zero attached hydrogens (tertiary/aromatic N) is 2. The minimum atomic E-state index is -1.11. The molecule has 1 fully saturated rings. The molecule has 2 amide bonds. The second kappa shape index (κ2) is 7.55. The third-order valence-electron chi connectivity index (χ3n) is 6.71. The van der Waals surface area contributed by atoms with Gasteiger partial charge in [0, 0.05) is 24.7 Å². The molecule has 1 aliphatic heterocycles. The molecule has 3 heterocycles. The molecule has 6 nitrogen and oxygen atoms in total. The molecule has 2 aromatic heterocycles. The Morgan fingerprint density at radius 1 is 1.23 bits per heavy atom. The zero-order chi connectivity index (χ0) is 21.6. The standard InChI is InChI=1S/C24H26FN3O3/c1-24(23(30)26-18-8-3-2-4-9-18)15-27-19-10-11-31-21(19)13-20(27)22(29)28(24)14-16-6-5-7-17(25)12-16/h5-7,10-13,18H,2-4,8-9,14-15H2,1H3,(H,26,30). The van der Waals surface area contributed by atoms with Crippen molar-refractivity contribution in [3.63, 3.8) is 0 Å². The van der Waals surface area contributed by atoms with Crippen molar-refractivity contribution >= 4 is 22.9 Å². The fourth-order valence-corrected chi connectivity index (χ4v) is 4.93. The zero-order valence-electron chi connectivity index (χ0n) is 17.6. The van der Waals surface area contributed by atoms with Gasteiger partial charge >= 0.3 is 0 Å². The van der Waals surface area contributed by atoms with Crippen LogP contribution in [-0.4, -0.2) is 32.9 Å². The van der Waals surface area contributed by atoms with Gasteiger partial charge in [0.15, 0.2) is 5.58 Å². The lowest BCUT2D eigenvalue weighted by atomic mass is 9.91. The van der Waals surface area contributed by atoms with Gasteiger partial charge in [0.2, 0.25) is 5.91 Å².